The molecule has 4 nitrogen and oxygen atoms in total. The average molecular weight is 295 g/mol. The average Bonchev–Trinajstić information content (AvgIpc) is 2.55. The lowest BCUT2D eigenvalue weighted by Gasteiger charge is -2.08. The zero-order valence-electron chi connectivity index (χ0n) is 11.7. The lowest BCUT2D eigenvalue weighted by Crippen LogP contribution is -2.00. The van der Waals surface area contributed by atoms with Gasteiger partial charge in [0, 0.05) is 31.1 Å². The van der Waals surface area contributed by atoms with E-state index in [4.69, 9.17) is 4.74 Å². The van der Waals surface area contributed by atoms with E-state index in [1.807, 2.05) is 24.4 Å². The Labute approximate surface area is 127 Å². The van der Waals surface area contributed by atoms with Crippen LogP contribution in [-0.4, -0.2) is 9.97 Å². The summed E-state index contributed by atoms with van der Waals surface area (Å²) in [5.74, 6) is 0.494. The predicted octanol–water partition coefficient (Wildman–Crippen LogP) is 4.02. The van der Waals surface area contributed by atoms with Crippen LogP contribution in [0.4, 0.5) is 10.1 Å². The van der Waals surface area contributed by atoms with Gasteiger partial charge in [0.1, 0.15) is 11.6 Å². The first kappa shape index (κ1) is 14.0. The molecule has 0 aliphatic carbocycles. The monoisotopic (exact) mass is 295 g/mol. The van der Waals surface area contributed by atoms with Gasteiger partial charge >= 0.3 is 0 Å². The number of pyridine rings is 2. The van der Waals surface area contributed by atoms with E-state index in [-0.39, 0.29) is 5.82 Å². The number of hydrogen-bond donors (Lipinski definition) is 1. The number of aromatic nitrogens is 2. The molecule has 1 N–H and O–H groups in total. The second-order valence-electron chi connectivity index (χ2n) is 4.66. The minimum Gasteiger partial charge on any atom is -0.439 e. The minimum absolute atomic E-state index is 0.341. The van der Waals surface area contributed by atoms with E-state index < -0.39 is 0 Å². The molecule has 3 aromatic rings. The lowest BCUT2D eigenvalue weighted by molar-refractivity contribution is 0.458. The van der Waals surface area contributed by atoms with Crippen LogP contribution in [0.2, 0.25) is 0 Å². The van der Waals surface area contributed by atoms with Crippen LogP contribution in [0.3, 0.4) is 0 Å². The van der Waals surface area contributed by atoms with E-state index in [1.165, 1.54) is 12.1 Å². The fraction of sp³-hybridized carbons (Fsp3) is 0.0588. The molecule has 0 unspecified atom stereocenters. The maximum absolute atomic E-state index is 13.1. The Kier molecular flexibility index (Phi) is 4.25. The van der Waals surface area contributed by atoms with Crippen molar-refractivity contribution in [3.63, 3.8) is 0 Å². The zero-order chi connectivity index (χ0) is 15.2. The highest BCUT2D eigenvalue weighted by atomic mass is 19.1. The molecule has 1 aromatic carbocycles. The first-order valence-electron chi connectivity index (χ1n) is 6.82. The van der Waals surface area contributed by atoms with Crippen LogP contribution in [0.1, 0.15) is 5.56 Å². The molecule has 3 rings (SSSR count). The molecule has 5 heteroatoms. The molecule has 0 atom stereocenters. The van der Waals surface area contributed by atoms with Crippen LogP contribution in [0, 0.1) is 5.82 Å². The molecule has 0 saturated carbocycles. The van der Waals surface area contributed by atoms with Crippen molar-refractivity contribution in [2.45, 2.75) is 6.54 Å². The van der Waals surface area contributed by atoms with Gasteiger partial charge in [-0.2, -0.15) is 0 Å². The first-order valence-corrected chi connectivity index (χ1v) is 6.82. The summed E-state index contributed by atoms with van der Waals surface area (Å²) in [6.45, 7) is 0.666. The van der Waals surface area contributed by atoms with Crippen molar-refractivity contribution >= 4 is 5.69 Å². The molecule has 0 amide bonds. The first-order chi connectivity index (χ1) is 10.8. The van der Waals surface area contributed by atoms with E-state index in [1.54, 1.807) is 30.6 Å². The molecule has 22 heavy (non-hydrogen) atoms. The van der Waals surface area contributed by atoms with E-state index >= 15 is 0 Å². The standard InChI is InChI=1S/C17H14FN3O/c18-14-4-1-5-16(9-14)22-17-7-6-15(12-21-17)20-11-13-3-2-8-19-10-13/h1-10,12,20H,11H2. The summed E-state index contributed by atoms with van der Waals surface area (Å²) in [7, 11) is 0. The Hall–Kier alpha value is -2.95. The Morgan fingerprint density at radius 2 is 2.00 bits per heavy atom. The number of halogens is 1. The van der Waals surface area contributed by atoms with Crippen molar-refractivity contribution in [3.05, 3.63) is 78.5 Å². The van der Waals surface area contributed by atoms with Gasteiger partial charge in [0.25, 0.3) is 0 Å². The quantitative estimate of drug-likeness (QED) is 0.772. The number of anilines is 1. The fourth-order valence-corrected chi connectivity index (χ4v) is 1.90. The van der Waals surface area contributed by atoms with Crippen molar-refractivity contribution in [2.75, 3.05) is 5.32 Å². The maximum atomic E-state index is 13.1. The van der Waals surface area contributed by atoms with Gasteiger partial charge < -0.3 is 10.1 Å². The SMILES string of the molecule is Fc1cccc(Oc2ccc(NCc3cccnc3)cn2)c1. The smallest absolute Gasteiger partial charge is 0.219 e. The molecule has 2 heterocycles. The molecule has 0 bridgehead atoms. The third-order valence-corrected chi connectivity index (χ3v) is 2.97. The summed E-state index contributed by atoms with van der Waals surface area (Å²) >= 11 is 0. The summed E-state index contributed by atoms with van der Waals surface area (Å²) in [5, 5.41) is 3.24. The number of rotatable bonds is 5. The molecule has 0 spiro atoms. The number of ether oxygens (including phenoxy) is 1. The number of benzene rings is 1. The molecule has 2 aromatic heterocycles. The second-order valence-corrected chi connectivity index (χ2v) is 4.66. The zero-order valence-corrected chi connectivity index (χ0v) is 11.7. The lowest BCUT2D eigenvalue weighted by atomic mass is 10.3. The maximum Gasteiger partial charge on any atom is 0.219 e. The molecule has 0 aliphatic heterocycles. The third kappa shape index (κ3) is 3.79. The Bertz CT molecular complexity index is 732. The molecule has 0 fully saturated rings. The summed E-state index contributed by atoms with van der Waals surface area (Å²) < 4.78 is 18.6. The predicted molar refractivity (Wildman–Crippen MR) is 82.3 cm³/mol. The molecule has 0 radical (unpaired) electrons. The Morgan fingerprint density at radius 1 is 1.05 bits per heavy atom. The van der Waals surface area contributed by atoms with E-state index in [2.05, 4.69) is 15.3 Å². The van der Waals surface area contributed by atoms with Crippen molar-refractivity contribution in [3.8, 4) is 11.6 Å². The van der Waals surface area contributed by atoms with Gasteiger partial charge in [-0.05, 0) is 29.8 Å². The minimum atomic E-state index is -0.341. The van der Waals surface area contributed by atoms with Gasteiger partial charge in [0.2, 0.25) is 5.88 Å². The highest BCUT2D eigenvalue weighted by Crippen LogP contribution is 2.21. The van der Waals surface area contributed by atoms with Gasteiger partial charge in [0.05, 0.1) is 11.9 Å². The summed E-state index contributed by atoms with van der Waals surface area (Å²) in [6.07, 6.45) is 5.22. The van der Waals surface area contributed by atoms with Crippen LogP contribution in [0.25, 0.3) is 0 Å². The van der Waals surface area contributed by atoms with Gasteiger partial charge in [-0.25, -0.2) is 9.37 Å². The van der Waals surface area contributed by atoms with E-state index in [9.17, 15) is 4.39 Å². The number of nitrogens with zero attached hydrogens (tertiary/aromatic N) is 2. The van der Waals surface area contributed by atoms with Gasteiger partial charge in [-0.15, -0.1) is 0 Å². The van der Waals surface area contributed by atoms with Crippen molar-refractivity contribution in [1.82, 2.24) is 9.97 Å². The summed E-state index contributed by atoms with van der Waals surface area (Å²) in [6, 6.07) is 13.4. The molecule has 110 valence electrons. The molecular formula is C17H14FN3O. The molecule has 0 aliphatic rings. The van der Waals surface area contributed by atoms with Crippen LogP contribution in [0.5, 0.6) is 11.6 Å². The largest absolute Gasteiger partial charge is 0.439 e. The van der Waals surface area contributed by atoms with Crippen LogP contribution in [0.15, 0.2) is 67.1 Å². The van der Waals surface area contributed by atoms with Crippen molar-refractivity contribution in [1.29, 1.82) is 0 Å². The summed E-state index contributed by atoms with van der Waals surface area (Å²) in [5.41, 5.74) is 1.96. The molecule has 0 saturated heterocycles. The Balaban J connectivity index is 1.60. The highest BCUT2D eigenvalue weighted by molar-refractivity contribution is 5.43. The van der Waals surface area contributed by atoms with Crippen LogP contribution < -0.4 is 10.1 Å². The van der Waals surface area contributed by atoms with Gasteiger partial charge in [0.15, 0.2) is 0 Å². The van der Waals surface area contributed by atoms with Gasteiger partial charge in [-0.1, -0.05) is 12.1 Å². The summed E-state index contributed by atoms with van der Waals surface area (Å²) in [4.78, 5) is 8.25. The van der Waals surface area contributed by atoms with E-state index in [0.29, 0.717) is 18.2 Å². The van der Waals surface area contributed by atoms with Crippen molar-refractivity contribution < 1.29 is 9.13 Å². The Morgan fingerprint density at radius 3 is 2.73 bits per heavy atom. The number of nitrogens with one attached hydrogen (secondary N) is 1. The highest BCUT2D eigenvalue weighted by Gasteiger charge is 2.01. The van der Waals surface area contributed by atoms with E-state index in [0.717, 1.165) is 11.3 Å². The molecular weight excluding hydrogens is 281 g/mol. The normalized spacial score (nSPS) is 10.2. The fourth-order valence-electron chi connectivity index (χ4n) is 1.90. The van der Waals surface area contributed by atoms with Crippen LogP contribution >= 0.6 is 0 Å². The van der Waals surface area contributed by atoms with Crippen LogP contribution in [-0.2, 0) is 6.54 Å². The van der Waals surface area contributed by atoms with Crippen molar-refractivity contribution in [2.24, 2.45) is 0 Å². The third-order valence-electron chi connectivity index (χ3n) is 2.97. The number of hydrogen-bond acceptors (Lipinski definition) is 4. The van der Waals surface area contributed by atoms with Gasteiger partial charge in [-0.3, -0.25) is 4.98 Å². The second kappa shape index (κ2) is 6.67. The topological polar surface area (TPSA) is 47.0 Å².